The van der Waals surface area contributed by atoms with Crippen LogP contribution in [0.1, 0.15) is 52.2 Å². The second kappa shape index (κ2) is 10.2. The number of likely N-dealkylation sites (tertiary alicyclic amines) is 1. The van der Waals surface area contributed by atoms with Gasteiger partial charge in [-0.2, -0.15) is 18.4 Å². The molecular formula is C26H26F3N5O3. The van der Waals surface area contributed by atoms with E-state index >= 15 is 0 Å². The number of benzene rings is 1. The van der Waals surface area contributed by atoms with Crippen LogP contribution < -0.4 is 5.32 Å². The van der Waals surface area contributed by atoms with Gasteiger partial charge in [-0.1, -0.05) is 6.07 Å². The molecule has 1 aromatic carbocycles. The summed E-state index contributed by atoms with van der Waals surface area (Å²) < 4.78 is 39.8. The van der Waals surface area contributed by atoms with Crippen molar-refractivity contribution in [2.45, 2.75) is 44.4 Å². The van der Waals surface area contributed by atoms with Crippen molar-refractivity contribution in [3.63, 3.8) is 0 Å². The fourth-order valence-corrected chi connectivity index (χ4v) is 4.75. The molecule has 2 amide bonds. The SMILES string of the molecule is Cc1c(NC(=O)c2cccc(C#N)c2)cnc2c1c(C1CCN(C(=O)CC(O)C(F)(F)F)CC1)cn2C. The largest absolute Gasteiger partial charge is 0.414 e. The molecule has 1 aliphatic heterocycles. The Hall–Kier alpha value is -3.91. The monoisotopic (exact) mass is 513 g/mol. The first-order valence-corrected chi connectivity index (χ1v) is 11.8. The molecule has 0 bridgehead atoms. The Bertz CT molecular complexity index is 1380. The molecular weight excluding hydrogens is 487 g/mol. The van der Waals surface area contributed by atoms with E-state index in [2.05, 4.69) is 10.3 Å². The van der Waals surface area contributed by atoms with Crippen LogP contribution in [-0.2, 0) is 11.8 Å². The minimum Gasteiger partial charge on any atom is -0.383 e. The second-order valence-electron chi connectivity index (χ2n) is 9.25. The van der Waals surface area contributed by atoms with Crippen LogP contribution in [0.5, 0.6) is 0 Å². The normalized spacial score (nSPS) is 15.4. The summed E-state index contributed by atoms with van der Waals surface area (Å²) in [4.78, 5) is 31.0. The Kier molecular flexibility index (Phi) is 7.23. The van der Waals surface area contributed by atoms with Gasteiger partial charge in [-0.15, -0.1) is 0 Å². The van der Waals surface area contributed by atoms with Gasteiger partial charge in [-0.25, -0.2) is 4.98 Å². The molecule has 1 saturated heterocycles. The Balaban J connectivity index is 1.53. The van der Waals surface area contributed by atoms with Gasteiger partial charge in [0.15, 0.2) is 6.10 Å². The Labute approximate surface area is 211 Å². The number of amides is 2. The third-order valence-electron chi connectivity index (χ3n) is 6.81. The maximum atomic E-state index is 12.8. The number of aliphatic hydroxyl groups is 1. The highest BCUT2D eigenvalue weighted by atomic mass is 19.4. The minimum atomic E-state index is -4.83. The molecule has 1 atom stereocenters. The lowest BCUT2D eigenvalue weighted by Gasteiger charge is -2.32. The molecule has 1 fully saturated rings. The van der Waals surface area contributed by atoms with Crippen molar-refractivity contribution in [1.82, 2.24) is 14.5 Å². The Morgan fingerprint density at radius 1 is 1.30 bits per heavy atom. The number of anilines is 1. The molecule has 37 heavy (non-hydrogen) atoms. The van der Waals surface area contributed by atoms with Gasteiger partial charge in [-0.05, 0) is 55.0 Å². The Morgan fingerprint density at radius 3 is 2.65 bits per heavy atom. The number of piperidine rings is 1. The molecule has 2 N–H and O–H groups in total. The highest BCUT2D eigenvalue weighted by Gasteiger charge is 2.40. The number of alkyl halides is 3. The average Bonchev–Trinajstić information content (AvgIpc) is 3.22. The predicted molar refractivity (Wildman–Crippen MR) is 130 cm³/mol. The quantitative estimate of drug-likeness (QED) is 0.535. The molecule has 3 heterocycles. The van der Waals surface area contributed by atoms with E-state index in [0.29, 0.717) is 29.7 Å². The molecule has 0 aliphatic carbocycles. The summed E-state index contributed by atoms with van der Waals surface area (Å²) in [5.74, 6) is -1.05. The third-order valence-corrected chi connectivity index (χ3v) is 6.81. The molecule has 4 rings (SSSR count). The van der Waals surface area contributed by atoms with E-state index in [9.17, 15) is 27.9 Å². The van der Waals surface area contributed by atoms with Gasteiger partial charge in [0, 0.05) is 37.3 Å². The number of aromatic nitrogens is 2. The van der Waals surface area contributed by atoms with Crippen molar-refractivity contribution in [2.75, 3.05) is 18.4 Å². The van der Waals surface area contributed by atoms with Crippen LogP contribution in [0, 0.1) is 18.3 Å². The molecule has 0 radical (unpaired) electrons. The number of aryl methyl sites for hydroxylation is 2. The van der Waals surface area contributed by atoms with Gasteiger partial charge >= 0.3 is 6.18 Å². The van der Waals surface area contributed by atoms with E-state index in [1.807, 2.05) is 30.8 Å². The first-order valence-electron chi connectivity index (χ1n) is 11.8. The number of nitriles is 1. The standard InChI is InChI=1S/C26H26F3N5O3/c1-15-20(32-25(37)18-5-3-4-16(10-18)12-30)13-31-24-23(15)19(14-33(24)2)17-6-8-34(9-7-17)22(36)11-21(35)26(27,28)29/h3-5,10,13-14,17,21,35H,6-9,11H2,1-2H3,(H,32,37). The first kappa shape index (κ1) is 26.2. The molecule has 1 unspecified atom stereocenters. The number of carbonyl (C=O) groups is 2. The van der Waals surface area contributed by atoms with Crippen LogP contribution >= 0.6 is 0 Å². The lowest BCUT2D eigenvalue weighted by molar-refractivity contribution is -0.207. The van der Waals surface area contributed by atoms with Crippen molar-refractivity contribution in [2.24, 2.45) is 7.05 Å². The fourth-order valence-electron chi connectivity index (χ4n) is 4.75. The average molecular weight is 514 g/mol. The van der Waals surface area contributed by atoms with Crippen LogP contribution in [0.25, 0.3) is 11.0 Å². The van der Waals surface area contributed by atoms with Gasteiger partial charge in [0.25, 0.3) is 5.91 Å². The lowest BCUT2D eigenvalue weighted by atomic mass is 9.88. The number of pyridine rings is 1. The maximum Gasteiger partial charge on any atom is 0.414 e. The molecule has 194 valence electrons. The van der Waals surface area contributed by atoms with Crippen LogP contribution in [0.2, 0.25) is 0 Å². The van der Waals surface area contributed by atoms with Gasteiger partial charge in [0.2, 0.25) is 5.91 Å². The summed E-state index contributed by atoms with van der Waals surface area (Å²) in [6.45, 7) is 2.44. The smallest absolute Gasteiger partial charge is 0.383 e. The third kappa shape index (κ3) is 5.44. The maximum absolute atomic E-state index is 12.8. The summed E-state index contributed by atoms with van der Waals surface area (Å²) in [6, 6.07) is 8.39. The van der Waals surface area contributed by atoms with Crippen LogP contribution in [-0.4, -0.2) is 56.7 Å². The van der Waals surface area contributed by atoms with E-state index in [-0.39, 0.29) is 24.9 Å². The highest BCUT2D eigenvalue weighted by Crippen LogP contribution is 2.37. The summed E-state index contributed by atoms with van der Waals surface area (Å²) in [7, 11) is 1.86. The zero-order valence-corrected chi connectivity index (χ0v) is 20.3. The number of fused-ring (bicyclic) bond motifs is 1. The first-order chi connectivity index (χ1) is 17.5. The minimum absolute atomic E-state index is 0.0408. The van der Waals surface area contributed by atoms with Crippen LogP contribution in [0.3, 0.4) is 0 Å². The van der Waals surface area contributed by atoms with E-state index in [0.717, 1.165) is 22.2 Å². The molecule has 0 spiro atoms. The number of aliphatic hydroxyl groups excluding tert-OH is 1. The summed E-state index contributed by atoms with van der Waals surface area (Å²) in [5.41, 5.74) is 3.79. The number of hydrogen-bond acceptors (Lipinski definition) is 5. The number of rotatable bonds is 5. The number of hydrogen-bond donors (Lipinski definition) is 2. The zero-order chi connectivity index (χ0) is 26.9. The second-order valence-corrected chi connectivity index (χ2v) is 9.25. The predicted octanol–water partition coefficient (Wildman–Crippen LogP) is 4.03. The van der Waals surface area contributed by atoms with E-state index in [1.54, 1.807) is 24.4 Å². The fraction of sp³-hybridized carbons (Fsp3) is 0.385. The number of nitrogens with one attached hydrogen (secondary N) is 1. The van der Waals surface area contributed by atoms with Crippen LogP contribution in [0.4, 0.5) is 18.9 Å². The highest BCUT2D eigenvalue weighted by molar-refractivity contribution is 6.06. The summed E-state index contributed by atoms with van der Waals surface area (Å²) >= 11 is 0. The van der Waals surface area contributed by atoms with Crippen molar-refractivity contribution < 1.29 is 27.9 Å². The number of halogens is 3. The van der Waals surface area contributed by atoms with Gasteiger partial charge in [-0.3, -0.25) is 9.59 Å². The Morgan fingerprint density at radius 2 is 2.00 bits per heavy atom. The number of nitrogens with zero attached hydrogens (tertiary/aromatic N) is 4. The summed E-state index contributed by atoms with van der Waals surface area (Å²) in [6.07, 6.45) is -3.84. The molecule has 1 aliphatic rings. The van der Waals surface area contributed by atoms with E-state index in [4.69, 9.17) is 5.26 Å². The molecule has 11 heteroatoms. The summed E-state index contributed by atoms with van der Waals surface area (Å²) in [5, 5.41) is 22.1. The van der Waals surface area contributed by atoms with Crippen molar-refractivity contribution >= 4 is 28.5 Å². The van der Waals surface area contributed by atoms with Crippen molar-refractivity contribution in [3.8, 4) is 6.07 Å². The molecule has 0 saturated carbocycles. The van der Waals surface area contributed by atoms with Crippen molar-refractivity contribution in [1.29, 1.82) is 5.26 Å². The molecule has 2 aromatic heterocycles. The van der Waals surface area contributed by atoms with Gasteiger partial charge in [0.05, 0.1) is 29.9 Å². The lowest BCUT2D eigenvalue weighted by Crippen LogP contribution is -2.41. The van der Waals surface area contributed by atoms with E-state index in [1.165, 1.54) is 11.0 Å². The zero-order valence-electron chi connectivity index (χ0n) is 20.3. The van der Waals surface area contributed by atoms with Crippen molar-refractivity contribution in [3.05, 3.63) is 58.9 Å². The number of carbonyl (C=O) groups excluding carboxylic acids is 2. The van der Waals surface area contributed by atoms with E-state index < -0.39 is 24.6 Å². The topological polar surface area (TPSA) is 111 Å². The molecule has 8 nitrogen and oxygen atoms in total. The molecule has 3 aromatic rings. The van der Waals surface area contributed by atoms with Crippen LogP contribution in [0.15, 0.2) is 36.7 Å². The van der Waals surface area contributed by atoms with Gasteiger partial charge in [0.1, 0.15) is 5.65 Å². The van der Waals surface area contributed by atoms with Gasteiger partial charge < -0.3 is 19.9 Å².